The largest absolute Gasteiger partial charge is 0.374 e. The van der Waals surface area contributed by atoms with Gasteiger partial charge in [-0.3, -0.25) is 0 Å². The van der Waals surface area contributed by atoms with Crippen molar-refractivity contribution in [3.8, 4) is 5.69 Å². The van der Waals surface area contributed by atoms with Gasteiger partial charge in [0.05, 0.1) is 11.0 Å². The van der Waals surface area contributed by atoms with E-state index in [4.69, 9.17) is 4.52 Å². The molecule has 0 aliphatic heterocycles. The monoisotopic (exact) mass is 763 g/mol. The topological polar surface area (TPSA) is 18.1 Å². The smallest absolute Gasteiger partial charge is 0.164 e. The minimum atomic E-state index is -0.0706. The highest BCUT2D eigenvalue weighted by molar-refractivity contribution is 6.37. The van der Waals surface area contributed by atoms with Crippen LogP contribution in [0.25, 0.3) is 77.5 Å². The van der Waals surface area contributed by atoms with Gasteiger partial charge in [-0.15, -0.1) is 0 Å². The number of aromatic nitrogens is 1. The zero-order chi connectivity index (χ0) is 42.0. The number of aryl methyl sites for hydroxylation is 1. The lowest BCUT2D eigenvalue weighted by Crippen LogP contribution is -2.24. The summed E-state index contributed by atoms with van der Waals surface area (Å²) in [5.41, 5.74) is 13.9. The molecule has 9 rings (SSSR count). The first-order valence-corrected chi connectivity index (χ1v) is 21.0. The zero-order valence-electron chi connectivity index (χ0n) is 37.3. The molecule has 1 heterocycles. The van der Waals surface area contributed by atoms with Gasteiger partial charge in [-0.05, 0) is 136 Å². The Balaban J connectivity index is 0.000000266. The fraction of sp³-hybridized carbons (Fsp3) is 0.321. The molecule has 0 bridgehead atoms. The van der Waals surface area contributed by atoms with Crippen LogP contribution in [0.1, 0.15) is 128 Å². The van der Waals surface area contributed by atoms with E-state index < -0.39 is 0 Å². The molecule has 2 heteroatoms. The third-order valence-corrected chi connectivity index (χ3v) is 12.6. The second-order valence-electron chi connectivity index (χ2n) is 21.1. The Morgan fingerprint density at radius 2 is 0.914 bits per heavy atom. The van der Waals surface area contributed by atoms with Crippen molar-refractivity contribution < 1.29 is 4.52 Å². The summed E-state index contributed by atoms with van der Waals surface area (Å²) < 4.78 is 8.82. The molecule has 1 aliphatic rings. The van der Waals surface area contributed by atoms with Gasteiger partial charge in [0.25, 0.3) is 0 Å². The van der Waals surface area contributed by atoms with Crippen LogP contribution < -0.4 is 5.35 Å². The summed E-state index contributed by atoms with van der Waals surface area (Å²) >= 11 is 0. The second kappa shape index (κ2) is 13.1. The standard InChI is InChI=1S/C41H37NO.C15H24/c1-22-20-23(2)27-12-15-30-32-17-19-35-39-28(13-16-31(38(32)39)29-14-11-26(22)36(27)37(29)30)24(3)42(43-35)34-21-25(40(4,5)6)10-18-33(34)41(7,8)9;1-11-10-12(14(2,3)4)8-9-13(11)15(5,6)7/h10-19,21H,1-3,20H2,4-9H3;8-10H,1-7H3. The minimum Gasteiger partial charge on any atom is -0.374 e. The van der Waals surface area contributed by atoms with Gasteiger partial charge in [0, 0.05) is 16.2 Å². The molecule has 0 N–H and O–H groups in total. The first kappa shape index (κ1) is 39.5. The Morgan fingerprint density at radius 3 is 1.41 bits per heavy atom. The Bertz CT molecular complexity index is 2990. The fourth-order valence-electron chi connectivity index (χ4n) is 9.44. The molecule has 2 nitrogen and oxygen atoms in total. The van der Waals surface area contributed by atoms with Gasteiger partial charge in [0.1, 0.15) is 0 Å². The Labute approximate surface area is 345 Å². The molecule has 1 aliphatic carbocycles. The molecular formula is C56H61NO. The first-order chi connectivity index (χ1) is 27.0. The van der Waals surface area contributed by atoms with E-state index in [1.54, 1.807) is 0 Å². The SMILES string of the molecule is C=C1CC(=C)c2ccc3c4ccc5c(=C)n(-c6cc(C(C)(C)C)ccc6C(C)(C)C)oc6ccc(c7ccc1c2c73)c4c65.Cc1cc(C(C)(C)C)ccc1C(C)(C)C. The van der Waals surface area contributed by atoms with E-state index in [-0.39, 0.29) is 21.7 Å². The van der Waals surface area contributed by atoms with Crippen LogP contribution in [0.2, 0.25) is 0 Å². The highest BCUT2D eigenvalue weighted by Gasteiger charge is 2.27. The summed E-state index contributed by atoms with van der Waals surface area (Å²) in [4.78, 5) is 0. The van der Waals surface area contributed by atoms with E-state index in [0.717, 1.165) is 45.0 Å². The average molecular weight is 764 g/mol. The van der Waals surface area contributed by atoms with E-state index in [9.17, 15) is 0 Å². The van der Waals surface area contributed by atoms with Crippen LogP contribution in [-0.4, -0.2) is 4.74 Å². The van der Waals surface area contributed by atoms with E-state index in [1.165, 1.54) is 76.6 Å². The predicted octanol–water partition coefficient (Wildman–Crippen LogP) is 15.6. The quantitative estimate of drug-likeness (QED) is 0.120. The summed E-state index contributed by atoms with van der Waals surface area (Å²) in [6.07, 6.45) is 0.825. The van der Waals surface area contributed by atoms with Crippen LogP contribution in [0.3, 0.4) is 0 Å². The van der Waals surface area contributed by atoms with Crippen LogP contribution in [0, 0.1) is 6.92 Å². The van der Waals surface area contributed by atoms with Gasteiger partial charge in [-0.25, -0.2) is 0 Å². The molecule has 0 unspecified atom stereocenters. The van der Waals surface area contributed by atoms with Crippen molar-refractivity contribution in [3.05, 3.63) is 142 Å². The van der Waals surface area contributed by atoms with Crippen LogP contribution in [0.4, 0.5) is 0 Å². The normalized spacial score (nSPS) is 14.0. The molecule has 0 spiro atoms. The molecule has 0 saturated heterocycles. The lowest BCUT2D eigenvalue weighted by atomic mass is 9.79. The van der Waals surface area contributed by atoms with Crippen molar-refractivity contribution in [2.75, 3.05) is 0 Å². The maximum atomic E-state index is 6.85. The van der Waals surface area contributed by atoms with E-state index in [1.807, 2.05) is 4.74 Å². The lowest BCUT2D eigenvalue weighted by molar-refractivity contribution is 0.351. The first-order valence-electron chi connectivity index (χ1n) is 21.0. The predicted molar refractivity (Wildman–Crippen MR) is 255 cm³/mol. The van der Waals surface area contributed by atoms with Crippen molar-refractivity contribution in [1.29, 1.82) is 0 Å². The van der Waals surface area contributed by atoms with Crippen LogP contribution in [-0.2, 0) is 21.7 Å². The molecule has 0 atom stereocenters. The number of allylic oxidation sites excluding steroid dienone is 2. The van der Waals surface area contributed by atoms with Gasteiger partial charge in [0.15, 0.2) is 5.58 Å². The Hall–Kier alpha value is -5.34. The van der Waals surface area contributed by atoms with E-state index in [2.05, 4.69) is 195 Å². The summed E-state index contributed by atoms with van der Waals surface area (Å²) in [5, 5.41) is 11.9. The summed E-state index contributed by atoms with van der Waals surface area (Å²) in [5.74, 6) is 0. The maximum Gasteiger partial charge on any atom is 0.164 e. The van der Waals surface area contributed by atoms with Crippen molar-refractivity contribution in [2.24, 2.45) is 0 Å². The van der Waals surface area contributed by atoms with Crippen molar-refractivity contribution in [3.63, 3.8) is 0 Å². The summed E-state index contributed by atoms with van der Waals surface area (Å²) in [7, 11) is 0. The maximum absolute atomic E-state index is 6.85. The lowest BCUT2D eigenvalue weighted by Gasteiger charge is -2.27. The average Bonchev–Trinajstić information content (AvgIpc) is 3.13. The second-order valence-corrected chi connectivity index (χ2v) is 21.1. The van der Waals surface area contributed by atoms with Gasteiger partial charge in [0.2, 0.25) is 0 Å². The van der Waals surface area contributed by atoms with Crippen LogP contribution >= 0.6 is 0 Å². The molecule has 8 aromatic rings. The summed E-state index contributed by atoms with van der Waals surface area (Å²) in [6, 6.07) is 31.7. The number of fused-ring (bicyclic) bond motifs is 2. The third-order valence-electron chi connectivity index (χ3n) is 12.6. The van der Waals surface area contributed by atoms with Crippen molar-refractivity contribution in [1.82, 2.24) is 4.74 Å². The van der Waals surface area contributed by atoms with Gasteiger partial charge < -0.3 is 4.52 Å². The summed E-state index contributed by atoms with van der Waals surface area (Å²) in [6.45, 7) is 42.8. The highest BCUT2D eigenvalue weighted by atomic mass is 16.5. The third kappa shape index (κ3) is 6.31. The van der Waals surface area contributed by atoms with Crippen molar-refractivity contribution >= 4 is 71.8 Å². The molecule has 296 valence electrons. The van der Waals surface area contributed by atoms with E-state index >= 15 is 0 Å². The molecule has 7 aromatic carbocycles. The molecule has 0 saturated carbocycles. The van der Waals surface area contributed by atoms with Gasteiger partial charge in [-0.2, -0.15) is 4.74 Å². The number of hydrogen-bond donors (Lipinski definition) is 0. The number of benzene rings is 7. The van der Waals surface area contributed by atoms with Crippen LogP contribution in [0.5, 0.6) is 0 Å². The molecular weight excluding hydrogens is 703 g/mol. The van der Waals surface area contributed by atoms with Crippen LogP contribution in [0.15, 0.2) is 103 Å². The Morgan fingerprint density at radius 1 is 0.466 bits per heavy atom. The number of rotatable bonds is 1. The molecule has 0 radical (unpaired) electrons. The fourth-order valence-corrected chi connectivity index (χ4v) is 9.44. The van der Waals surface area contributed by atoms with Gasteiger partial charge >= 0.3 is 0 Å². The number of nitrogens with zero attached hydrogens (tertiary/aromatic N) is 1. The molecule has 58 heavy (non-hydrogen) atoms. The van der Waals surface area contributed by atoms with Crippen molar-refractivity contribution in [2.45, 2.75) is 118 Å². The molecule has 1 aromatic heterocycles. The minimum absolute atomic E-state index is 0.00828. The van der Waals surface area contributed by atoms with Gasteiger partial charge in [-0.1, -0.05) is 170 Å². The number of hydrogen-bond acceptors (Lipinski definition) is 1. The van der Waals surface area contributed by atoms with E-state index in [0.29, 0.717) is 0 Å². The highest BCUT2D eigenvalue weighted by Crippen LogP contribution is 2.49. The molecule has 0 amide bonds. The Kier molecular flexibility index (Phi) is 8.91. The molecule has 0 fully saturated rings. The zero-order valence-corrected chi connectivity index (χ0v) is 37.3.